The number of hydrogen-bond acceptors (Lipinski definition) is 4. The lowest BCUT2D eigenvalue weighted by molar-refractivity contribution is -0.122. The molecule has 3 aromatic rings. The zero-order valence-electron chi connectivity index (χ0n) is 15.1. The Bertz CT molecular complexity index is 996. The van der Waals surface area contributed by atoms with E-state index in [9.17, 15) is 9.18 Å². The van der Waals surface area contributed by atoms with E-state index in [0.717, 1.165) is 0 Å². The number of benzene rings is 3. The minimum atomic E-state index is -0.770. The molecule has 0 aliphatic carbocycles. The van der Waals surface area contributed by atoms with Crippen molar-refractivity contribution in [3.05, 3.63) is 84.2 Å². The highest BCUT2D eigenvalue weighted by atomic mass is 19.1. The first-order valence-electron chi connectivity index (χ1n) is 8.54. The van der Waals surface area contributed by atoms with Crippen LogP contribution in [0.1, 0.15) is 12.5 Å². The van der Waals surface area contributed by atoms with E-state index < -0.39 is 11.9 Å². The van der Waals surface area contributed by atoms with Crippen LogP contribution in [0.4, 0.5) is 10.1 Å². The summed E-state index contributed by atoms with van der Waals surface area (Å²) in [4.78, 5) is 12.2. The molecule has 0 aliphatic rings. The second kappa shape index (κ2) is 8.69. The van der Waals surface area contributed by atoms with Gasteiger partial charge >= 0.3 is 0 Å². The average Bonchev–Trinajstić information content (AvgIpc) is 2.70. The van der Waals surface area contributed by atoms with E-state index >= 15 is 0 Å². The Morgan fingerprint density at radius 1 is 1.00 bits per heavy atom. The number of hydrogen-bond donors (Lipinski definition) is 1. The lowest BCUT2D eigenvalue weighted by atomic mass is 10.2. The van der Waals surface area contributed by atoms with Gasteiger partial charge < -0.3 is 14.8 Å². The van der Waals surface area contributed by atoms with E-state index in [2.05, 4.69) is 5.32 Å². The summed E-state index contributed by atoms with van der Waals surface area (Å²) in [5.41, 5.74) is 0.924. The normalized spacial score (nSPS) is 11.2. The smallest absolute Gasteiger partial charge is 0.265 e. The molecule has 140 valence electrons. The quantitative estimate of drug-likeness (QED) is 0.664. The van der Waals surface area contributed by atoms with Gasteiger partial charge in [0.25, 0.3) is 5.91 Å². The van der Waals surface area contributed by atoms with Gasteiger partial charge in [-0.1, -0.05) is 6.07 Å². The third-order valence-corrected chi connectivity index (χ3v) is 3.82. The Morgan fingerprint density at radius 2 is 1.61 bits per heavy atom. The Balaban J connectivity index is 1.57. The predicted octanol–water partition coefficient (Wildman–Crippen LogP) is 4.90. The minimum absolute atomic E-state index is 0.367. The fraction of sp³-hybridized carbons (Fsp3) is 0.0909. The van der Waals surface area contributed by atoms with Gasteiger partial charge in [0.05, 0.1) is 11.6 Å². The summed E-state index contributed by atoms with van der Waals surface area (Å²) in [7, 11) is 0. The van der Waals surface area contributed by atoms with Crippen molar-refractivity contribution in [2.75, 3.05) is 5.32 Å². The summed E-state index contributed by atoms with van der Waals surface area (Å²) in [5.74, 6) is 0.881. The molecule has 3 aromatic carbocycles. The van der Waals surface area contributed by atoms with Gasteiger partial charge in [0.2, 0.25) is 0 Å². The zero-order chi connectivity index (χ0) is 19.9. The molecule has 0 aliphatic heterocycles. The molecule has 3 rings (SSSR count). The monoisotopic (exact) mass is 376 g/mol. The molecule has 0 aromatic heterocycles. The molecule has 0 radical (unpaired) electrons. The predicted molar refractivity (Wildman–Crippen MR) is 103 cm³/mol. The Hall–Kier alpha value is -3.85. The molecule has 0 saturated heterocycles. The van der Waals surface area contributed by atoms with Gasteiger partial charge in [-0.25, -0.2) is 4.39 Å². The first-order valence-corrected chi connectivity index (χ1v) is 8.54. The zero-order valence-corrected chi connectivity index (χ0v) is 15.1. The number of carbonyl (C=O) groups excluding carboxylic acids is 1. The lowest BCUT2D eigenvalue weighted by Crippen LogP contribution is -2.30. The number of ether oxygens (including phenoxy) is 2. The molecule has 0 saturated carbocycles. The molecule has 1 atom stereocenters. The van der Waals surface area contributed by atoms with Crippen LogP contribution < -0.4 is 14.8 Å². The standard InChI is InChI=1S/C22H17FN2O3/c1-15(22(26)25-18-4-2-3-17(23)13-18)27-19-9-11-21(12-10-19)28-20-7-5-16(14-24)6-8-20/h2-13,15H,1H3,(H,25,26). The average molecular weight is 376 g/mol. The third kappa shape index (κ3) is 5.08. The first-order chi connectivity index (χ1) is 13.5. The number of halogens is 1. The molecule has 0 heterocycles. The maximum atomic E-state index is 13.2. The van der Waals surface area contributed by atoms with Crippen molar-refractivity contribution >= 4 is 11.6 Å². The number of anilines is 1. The highest BCUT2D eigenvalue weighted by Gasteiger charge is 2.15. The highest BCUT2D eigenvalue weighted by molar-refractivity contribution is 5.94. The van der Waals surface area contributed by atoms with Crippen LogP contribution in [0.3, 0.4) is 0 Å². The molecule has 1 N–H and O–H groups in total. The van der Waals surface area contributed by atoms with Crippen LogP contribution in [0.5, 0.6) is 17.2 Å². The topological polar surface area (TPSA) is 71.3 Å². The lowest BCUT2D eigenvalue weighted by Gasteiger charge is -2.15. The van der Waals surface area contributed by atoms with Gasteiger partial charge in [0.1, 0.15) is 23.1 Å². The molecule has 1 unspecified atom stereocenters. The van der Waals surface area contributed by atoms with Crippen molar-refractivity contribution in [2.45, 2.75) is 13.0 Å². The van der Waals surface area contributed by atoms with Crippen LogP contribution >= 0.6 is 0 Å². The van der Waals surface area contributed by atoms with Crippen molar-refractivity contribution in [3.8, 4) is 23.3 Å². The van der Waals surface area contributed by atoms with Crippen LogP contribution in [0.2, 0.25) is 0 Å². The van der Waals surface area contributed by atoms with Crippen LogP contribution in [0.15, 0.2) is 72.8 Å². The van der Waals surface area contributed by atoms with E-state index in [4.69, 9.17) is 14.7 Å². The Kier molecular flexibility index (Phi) is 5.87. The number of rotatable bonds is 6. The number of nitriles is 1. The molecular weight excluding hydrogens is 359 g/mol. The van der Waals surface area contributed by atoms with E-state index in [1.165, 1.54) is 18.2 Å². The second-order valence-corrected chi connectivity index (χ2v) is 5.97. The molecule has 0 fully saturated rings. The Morgan fingerprint density at radius 3 is 2.21 bits per heavy atom. The van der Waals surface area contributed by atoms with Crippen LogP contribution in [0, 0.1) is 17.1 Å². The number of carbonyl (C=O) groups is 1. The minimum Gasteiger partial charge on any atom is -0.481 e. The molecule has 0 bridgehead atoms. The van der Waals surface area contributed by atoms with E-state index in [0.29, 0.717) is 28.5 Å². The summed E-state index contributed by atoms with van der Waals surface area (Å²) in [6.45, 7) is 1.61. The fourth-order valence-corrected chi connectivity index (χ4v) is 2.39. The molecular formula is C22H17FN2O3. The van der Waals surface area contributed by atoms with Crippen molar-refractivity contribution in [1.29, 1.82) is 5.26 Å². The maximum absolute atomic E-state index is 13.2. The van der Waals surface area contributed by atoms with Gasteiger partial charge in [0, 0.05) is 5.69 Å². The maximum Gasteiger partial charge on any atom is 0.265 e. The van der Waals surface area contributed by atoms with Gasteiger partial charge in [-0.15, -0.1) is 0 Å². The fourth-order valence-electron chi connectivity index (χ4n) is 2.39. The third-order valence-electron chi connectivity index (χ3n) is 3.82. The molecule has 6 heteroatoms. The van der Waals surface area contributed by atoms with Gasteiger partial charge in [-0.2, -0.15) is 5.26 Å². The summed E-state index contributed by atoms with van der Waals surface area (Å²) in [6, 6.07) is 21.3. The first kappa shape index (κ1) is 18.9. The molecule has 0 spiro atoms. The van der Waals surface area contributed by atoms with E-state index in [1.807, 2.05) is 6.07 Å². The van der Waals surface area contributed by atoms with Crippen molar-refractivity contribution in [2.24, 2.45) is 0 Å². The molecule has 5 nitrogen and oxygen atoms in total. The Labute approximate surface area is 162 Å². The molecule has 28 heavy (non-hydrogen) atoms. The van der Waals surface area contributed by atoms with Crippen molar-refractivity contribution in [3.63, 3.8) is 0 Å². The highest BCUT2D eigenvalue weighted by Crippen LogP contribution is 2.24. The van der Waals surface area contributed by atoms with E-state index in [1.54, 1.807) is 61.5 Å². The van der Waals surface area contributed by atoms with Gasteiger partial charge in [0.15, 0.2) is 6.10 Å². The summed E-state index contributed by atoms with van der Waals surface area (Å²) in [5, 5.41) is 11.4. The summed E-state index contributed by atoms with van der Waals surface area (Å²) < 4.78 is 24.5. The van der Waals surface area contributed by atoms with Crippen molar-refractivity contribution in [1.82, 2.24) is 0 Å². The summed E-state index contributed by atoms with van der Waals surface area (Å²) >= 11 is 0. The van der Waals surface area contributed by atoms with Crippen LogP contribution in [0.25, 0.3) is 0 Å². The number of nitrogens with zero attached hydrogens (tertiary/aromatic N) is 1. The SMILES string of the molecule is CC(Oc1ccc(Oc2ccc(C#N)cc2)cc1)C(=O)Nc1cccc(F)c1. The number of amides is 1. The largest absolute Gasteiger partial charge is 0.481 e. The molecule has 1 amide bonds. The van der Waals surface area contributed by atoms with Crippen molar-refractivity contribution < 1.29 is 18.7 Å². The van der Waals surface area contributed by atoms with Crippen LogP contribution in [-0.4, -0.2) is 12.0 Å². The van der Waals surface area contributed by atoms with Gasteiger partial charge in [-0.05, 0) is 73.7 Å². The van der Waals surface area contributed by atoms with Gasteiger partial charge in [-0.3, -0.25) is 4.79 Å². The van der Waals surface area contributed by atoms with Crippen LogP contribution in [-0.2, 0) is 4.79 Å². The second-order valence-electron chi connectivity index (χ2n) is 5.97. The summed E-state index contributed by atoms with van der Waals surface area (Å²) in [6.07, 6.45) is -0.770. The van der Waals surface area contributed by atoms with E-state index in [-0.39, 0.29) is 5.91 Å². The number of nitrogens with one attached hydrogen (secondary N) is 1.